The molecule has 0 aliphatic heterocycles. The Kier molecular flexibility index (Phi) is 4.96. The number of aromatic nitrogens is 1. The summed E-state index contributed by atoms with van der Waals surface area (Å²) in [6, 6.07) is 11.2. The van der Waals surface area contributed by atoms with Gasteiger partial charge in [-0.2, -0.15) is 0 Å². The van der Waals surface area contributed by atoms with E-state index >= 15 is 0 Å². The minimum Gasteiger partial charge on any atom is -0.399 e. The molecule has 0 aliphatic carbocycles. The smallest absolute Gasteiger partial charge is 0.272 e. The van der Waals surface area contributed by atoms with Crippen molar-refractivity contribution in [2.45, 2.75) is 26.4 Å². The molecule has 1 amide bonds. The molecule has 0 radical (unpaired) electrons. The average molecular weight is 348 g/mol. The largest absolute Gasteiger partial charge is 0.399 e. The summed E-state index contributed by atoms with van der Waals surface area (Å²) in [5, 5.41) is 0. The standard InChI is InChI=1S/C16H18BrN3O/c1-11(2)20(10-12-3-6-14(18)7-4-12)16(21)15-8-5-13(17)9-19-15/h3-9,11H,10,18H2,1-2H3. The van der Waals surface area contributed by atoms with Gasteiger partial charge in [-0.25, -0.2) is 4.98 Å². The first-order chi connectivity index (χ1) is 9.97. The first-order valence-corrected chi connectivity index (χ1v) is 7.53. The summed E-state index contributed by atoms with van der Waals surface area (Å²) in [5.41, 5.74) is 7.90. The fourth-order valence-electron chi connectivity index (χ4n) is 1.96. The van der Waals surface area contributed by atoms with Gasteiger partial charge in [-0.3, -0.25) is 4.79 Å². The maximum absolute atomic E-state index is 12.6. The van der Waals surface area contributed by atoms with Crippen LogP contribution in [0.15, 0.2) is 47.1 Å². The molecule has 2 rings (SSSR count). The summed E-state index contributed by atoms with van der Waals surface area (Å²) < 4.78 is 0.855. The third-order valence-electron chi connectivity index (χ3n) is 3.16. The van der Waals surface area contributed by atoms with E-state index in [0.717, 1.165) is 15.7 Å². The quantitative estimate of drug-likeness (QED) is 0.861. The maximum atomic E-state index is 12.6. The Morgan fingerprint density at radius 1 is 1.24 bits per heavy atom. The molecule has 0 saturated carbocycles. The average Bonchev–Trinajstić information content (AvgIpc) is 2.46. The van der Waals surface area contributed by atoms with Crippen LogP contribution in [0.1, 0.15) is 29.9 Å². The Balaban J connectivity index is 2.20. The molecule has 1 aromatic heterocycles. The van der Waals surface area contributed by atoms with Gasteiger partial charge in [0.15, 0.2) is 0 Å². The van der Waals surface area contributed by atoms with Crippen LogP contribution >= 0.6 is 15.9 Å². The Hall–Kier alpha value is -1.88. The van der Waals surface area contributed by atoms with Gasteiger partial charge >= 0.3 is 0 Å². The van der Waals surface area contributed by atoms with Gasteiger partial charge in [0.2, 0.25) is 0 Å². The molecule has 2 N–H and O–H groups in total. The zero-order valence-electron chi connectivity index (χ0n) is 12.1. The lowest BCUT2D eigenvalue weighted by molar-refractivity contribution is 0.0684. The zero-order valence-corrected chi connectivity index (χ0v) is 13.7. The summed E-state index contributed by atoms with van der Waals surface area (Å²) in [6.07, 6.45) is 1.63. The van der Waals surface area contributed by atoms with E-state index < -0.39 is 0 Å². The first-order valence-electron chi connectivity index (χ1n) is 6.74. The number of carbonyl (C=O) groups is 1. The van der Waals surface area contributed by atoms with E-state index in [-0.39, 0.29) is 11.9 Å². The lowest BCUT2D eigenvalue weighted by Gasteiger charge is -2.26. The van der Waals surface area contributed by atoms with Gasteiger partial charge in [-0.05, 0) is 59.6 Å². The molecule has 110 valence electrons. The number of anilines is 1. The highest BCUT2D eigenvalue weighted by Crippen LogP contribution is 2.15. The van der Waals surface area contributed by atoms with Crippen molar-refractivity contribution in [2.75, 3.05) is 5.73 Å². The first kappa shape index (κ1) is 15.5. The number of rotatable bonds is 4. The van der Waals surface area contributed by atoms with Crippen LogP contribution in [0.2, 0.25) is 0 Å². The van der Waals surface area contributed by atoms with E-state index in [9.17, 15) is 4.79 Å². The molecular weight excluding hydrogens is 330 g/mol. The number of amides is 1. The van der Waals surface area contributed by atoms with Crippen molar-refractivity contribution in [3.05, 3.63) is 58.3 Å². The molecule has 0 saturated heterocycles. The second-order valence-corrected chi connectivity index (χ2v) is 6.05. The molecule has 5 heteroatoms. The predicted octanol–water partition coefficient (Wildman–Crippen LogP) is 3.48. The highest BCUT2D eigenvalue weighted by Gasteiger charge is 2.20. The Labute approximate surface area is 133 Å². The molecule has 0 atom stereocenters. The van der Waals surface area contributed by atoms with Gasteiger partial charge in [0, 0.05) is 28.9 Å². The number of benzene rings is 1. The lowest BCUT2D eigenvalue weighted by Crippen LogP contribution is -2.36. The number of hydrogen-bond donors (Lipinski definition) is 1. The number of carbonyl (C=O) groups excluding carboxylic acids is 1. The van der Waals surface area contributed by atoms with E-state index in [1.54, 1.807) is 17.2 Å². The van der Waals surface area contributed by atoms with Crippen LogP contribution in [0.3, 0.4) is 0 Å². The minimum absolute atomic E-state index is 0.0747. The molecule has 0 unspecified atom stereocenters. The third kappa shape index (κ3) is 4.04. The van der Waals surface area contributed by atoms with Crippen LogP contribution in [0.25, 0.3) is 0 Å². The molecular formula is C16H18BrN3O. The molecule has 1 aromatic carbocycles. The monoisotopic (exact) mass is 347 g/mol. The van der Waals surface area contributed by atoms with Crippen LogP contribution < -0.4 is 5.73 Å². The summed E-state index contributed by atoms with van der Waals surface area (Å²) in [7, 11) is 0. The SMILES string of the molecule is CC(C)N(Cc1ccc(N)cc1)C(=O)c1ccc(Br)cn1. The highest BCUT2D eigenvalue weighted by molar-refractivity contribution is 9.10. The van der Waals surface area contributed by atoms with E-state index in [0.29, 0.717) is 12.2 Å². The van der Waals surface area contributed by atoms with E-state index in [1.165, 1.54) is 0 Å². The van der Waals surface area contributed by atoms with Gasteiger partial charge in [0.05, 0.1) is 0 Å². The van der Waals surface area contributed by atoms with Crippen molar-refractivity contribution in [2.24, 2.45) is 0 Å². The number of nitrogens with zero attached hydrogens (tertiary/aromatic N) is 2. The molecule has 1 heterocycles. The fourth-order valence-corrected chi connectivity index (χ4v) is 2.19. The molecule has 0 fully saturated rings. The number of pyridine rings is 1. The summed E-state index contributed by atoms with van der Waals surface area (Å²) in [5.74, 6) is -0.0747. The minimum atomic E-state index is -0.0747. The van der Waals surface area contributed by atoms with Crippen molar-refractivity contribution >= 4 is 27.5 Å². The Morgan fingerprint density at radius 3 is 2.43 bits per heavy atom. The summed E-state index contributed by atoms with van der Waals surface area (Å²) in [4.78, 5) is 18.6. The lowest BCUT2D eigenvalue weighted by atomic mass is 10.1. The fraction of sp³-hybridized carbons (Fsp3) is 0.250. The van der Waals surface area contributed by atoms with E-state index in [2.05, 4.69) is 20.9 Å². The molecule has 0 bridgehead atoms. The molecule has 0 aliphatic rings. The van der Waals surface area contributed by atoms with Crippen molar-refractivity contribution in [1.82, 2.24) is 9.88 Å². The topological polar surface area (TPSA) is 59.2 Å². The van der Waals surface area contributed by atoms with Crippen LogP contribution in [-0.4, -0.2) is 21.8 Å². The van der Waals surface area contributed by atoms with Crippen LogP contribution in [-0.2, 0) is 6.54 Å². The third-order valence-corrected chi connectivity index (χ3v) is 3.63. The van der Waals surface area contributed by atoms with Gasteiger partial charge in [0.1, 0.15) is 5.69 Å². The molecule has 21 heavy (non-hydrogen) atoms. The summed E-state index contributed by atoms with van der Waals surface area (Å²) >= 11 is 3.32. The second kappa shape index (κ2) is 6.72. The Bertz CT molecular complexity index is 608. The summed E-state index contributed by atoms with van der Waals surface area (Å²) in [6.45, 7) is 4.52. The number of hydrogen-bond acceptors (Lipinski definition) is 3. The second-order valence-electron chi connectivity index (χ2n) is 5.13. The van der Waals surface area contributed by atoms with E-state index in [4.69, 9.17) is 5.73 Å². The molecule has 4 nitrogen and oxygen atoms in total. The number of nitrogen functional groups attached to an aromatic ring is 1. The van der Waals surface area contributed by atoms with E-state index in [1.807, 2.05) is 44.2 Å². The van der Waals surface area contributed by atoms with Crippen LogP contribution in [0.5, 0.6) is 0 Å². The van der Waals surface area contributed by atoms with Crippen LogP contribution in [0, 0.1) is 0 Å². The van der Waals surface area contributed by atoms with Gasteiger partial charge in [-0.15, -0.1) is 0 Å². The zero-order chi connectivity index (χ0) is 15.4. The normalized spacial score (nSPS) is 10.7. The number of nitrogens with two attached hydrogens (primary N) is 1. The van der Waals surface area contributed by atoms with Gasteiger partial charge in [0.25, 0.3) is 5.91 Å². The van der Waals surface area contributed by atoms with Crippen molar-refractivity contribution in [3.8, 4) is 0 Å². The van der Waals surface area contributed by atoms with Gasteiger partial charge < -0.3 is 10.6 Å². The predicted molar refractivity (Wildman–Crippen MR) is 87.8 cm³/mol. The number of halogens is 1. The van der Waals surface area contributed by atoms with Crippen LogP contribution in [0.4, 0.5) is 5.69 Å². The highest BCUT2D eigenvalue weighted by atomic mass is 79.9. The molecule has 2 aromatic rings. The Morgan fingerprint density at radius 2 is 1.90 bits per heavy atom. The molecule has 0 spiro atoms. The maximum Gasteiger partial charge on any atom is 0.272 e. The van der Waals surface area contributed by atoms with Crippen molar-refractivity contribution in [1.29, 1.82) is 0 Å². The van der Waals surface area contributed by atoms with Crippen molar-refractivity contribution in [3.63, 3.8) is 0 Å². The van der Waals surface area contributed by atoms with Crippen molar-refractivity contribution < 1.29 is 4.79 Å². The van der Waals surface area contributed by atoms with Gasteiger partial charge in [-0.1, -0.05) is 12.1 Å².